The summed E-state index contributed by atoms with van der Waals surface area (Å²) >= 11 is 0. The van der Waals surface area contributed by atoms with E-state index in [2.05, 4.69) is 71.0 Å². The van der Waals surface area contributed by atoms with Gasteiger partial charge in [-0.05, 0) is 57.9 Å². The van der Waals surface area contributed by atoms with E-state index >= 15 is 0 Å². The van der Waals surface area contributed by atoms with Crippen molar-refractivity contribution >= 4 is 18.8 Å². The van der Waals surface area contributed by atoms with Gasteiger partial charge in [-0.25, -0.2) is 0 Å². The second kappa shape index (κ2) is 6.52. The van der Waals surface area contributed by atoms with Crippen LogP contribution >= 0.6 is 8.15 Å². The molecule has 0 N–H and O–H groups in total. The van der Waals surface area contributed by atoms with Crippen LogP contribution in [0.2, 0.25) is 0 Å². The van der Waals surface area contributed by atoms with Crippen LogP contribution in [0.4, 0.5) is 0 Å². The van der Waals surface area contributed by atoms with Crippen LogP contribution in [0.15, 0.2) is 36.4 Å². The third-order valence-corrected chi connectivity index (χ3v) is 5.78. The van der Waals surface area contributed by atoms with Gasteiger partial charge in [0.05, 0.1) is 8.15 Å². The molecule has 0 radical (unpaired) electrons. The molecule has 0 bridgehead atoms. The minimum atomic E-state index is -0.725. The molecule has 2 aromatic rings. The molecule has 2 heteroatoms. The fourth-order valence-corrected chi connectivity index (χ4v) is 4.50. The first-order valence-electron chi connectivity index (χ1n) is 7.10. The normalized spacial score (nSPS) is 11.1. The highest BCUT2D eigenvalue weighted by molar-refractivity contribution is 7.68. The predicted octanol–water partition coefficient (Wildman–Crippen LogP) is 4.30. The lowest BCUT2D eigenvalue weighted by Gasteiger charge is -2.22. The number of benzene rings is 2. The minimum absolute atomic E-state index is 0.725. The quantitative estimate of drug-likeness (QED) is 0.761. The fourth-order valence-electron chi connectivity index (χ4n) is 2.27. The smallest absolute Gasteiger partial charge is 0.0922 e. The minimum Gasteiger partial charge on any atom is -0.350 e. The maximum atomic E-state index is 6.15. The Kier molecular flexibility index (Phi) is 4.96. The van der Waals surface area contributed by atoms with Crippen molar-refractivity contribution in [3.63, 3.8) is 0 Å². The van der Waals surface area contributed by atoms with Gasteiger partial charge in [0.2, 0.25) is 0 Å². The Labute approximate surface area is 123 Å². The molecule has 0 amide bonds. The Morgan fingerprint density at radius 2 is 1.25 bits per heavy atom. The van der Waals surface area contributed by atoms with Gasteiger partial charge in [0.25, 0.3) is 0 Å². The second-order valence-corrected chi connectivity index (χ2v) is 7.10. The molecule has 0 aliphatic rings. The van der Waals surface area contributed by atoms with E-state index < -0.39 is 8.15 Å². The molecule has 0 atom stereocenters. The Hall–Kier alpha value is -1.17. The number of hydrogen-bond acceptors (Lipinski definition) is 1. The lowest BCUT2D eigenvalue weighted by atomic mass is 10.2. The van der Waals surface area contributed by atoms with Crippen LogP contribution in [0.3, 0.4) is 0 Å². The highest BCUT2D eigenvalue weighted by Crippen LogP contribution is 2.37. The van der Waals surface area contributed by atoms with Crippen molar-refractivity contribution < 1.29 is 4.52 Å². The molecule has 0 heterocycles. The van der Waals surface area contributed by atoms with Gasteiger partial charge >= 0.3 is 0 Å². The number of rotatable bonds is 4. The first kappa shape index (κ1) is 15.2. The summed E-state index contributed by atoms with van der Waals surface area (Å²) < 4.78 is 6.15. The molecule has 0 saturated carbocycles. The van der Waals surface area contributed by atoms with Gasteiger partial charge < -0.3 is 4.52 Å². The van der Waals surface area contributed by atoms with Gasteiger partial charge in [-0.15, -0.1) is 0 Å². The van der Waals surface area contributed by atoms with Crippen LogP contribution in [0.1, 0.15) is 29.2 Å². The van der Waals surface area contributed by atoms with E-state index in [0.29, 0.717) is 0 Å². The average Bonchev–Trinajstić information content (AvgIpc) is 2.42. The first-order valence-corrected chi connectivity index (χ1v) is 8.36. The largest absolute Gasteiger partial charge is 0.350 e. The summed E-state index contributed by atoms with van der Waals surface area (Å²) in [4.78, 5) is 0. The predicted molar refractivity (Wildman–Crippen MR) is 89.6 cm³/mol. The zero-order valence-corrected chi connectivity index (χ0v) is 13.9. The van der Waals surface area contributed by atoms with E-state index in [-0.39, 0.29) is 0 Å². The van der Waals surface area contributed by atoms with Crippen molar-refractivity contribution in [1.29, 1.82) is 0 Å². The average molecular weight is 286 g/mol. The van der Waals surface area contributed by atoms with E-state index in [1.165, 1.54) is 32.9 Å². The summed E-state index contributed by atoms with van der Waals surface area (Å²) in [7, 11) is -0.725. The molecular weight excluding hydrogens is 263 g/mol. The van der Waals surface area contributed by atoms with E-state index in [1.54, 1.807) is 0 Å². The van der Waals surface area contributed by atoms with Crippen LogP contribution in [0.5, 0.6) is 0 Å². The molecule has 106 valence electrons. The summed E-state index contributed by atoms with van der Waals surface area (Å²) in [6.07, 6.45) is 0. The molecule has 0 aromatic heterocycles. The van der Waals surface area contributed by atoms with Gasteiger partial charge in [0.1, 0.15) is 0 Å². The fraction of sp³-hybridized carbons (Fsp3) is 0.333. The molecule has 0 aliphatic heterocycles. The van der Waals surface area contributed by atoms with E-state index in [4.69, 9.17) is 4.52 Å². The second-order valence-electron chi connectivity index (χ2n) is 5.29. The van der Waals surface area contributed by atoms with Crippen LogP contribution < -0.4 is 10.6 Å². The Morgan fingerprint density at radius 1 is 0.800 bits per heavy atom. The van der Waals surface area contributed by atoms with Gasteiger partial charge in [0, 0.05) is 17.2 Å². The molecular formula is C18H23OP. The Balaban J connectivity index is 2.55. The Bertz CT molecular complexity index is 553. The van der Waals surface area contributed by atoms with Crippen molar-refractivity contribution in [3.8, 4) is 0 Å². The summed E-state index contributed by atoms with van der Waals surface area (Å²) in [6.45, 7) is 11.5. The molecule has 0 spiro atoms. The van der Waals surface area contributed by atoms with E-state index in [0.717, 1.165) is 6.61 Å². The summed E-state index contributed by atoms with van der Waals surface area (Å²) in [5.41, 5.74) is 5.22. The maximum absolute atomic E-state index is 6.15. The van der Waals surface area contributed by atoms with Gasteiger partial charge in [-0.3, -0.25) is 0 Å². The summed E-state index contributed by atoms with van der Waals surface area (Å²) in [6, 6.07) is 13.3. The summed E-state index contributed by atoms with van der Waals surface area (Å²) in [5, 5.41) is 2.69. The van der Waals surface area contributed by atoms with Crippen molar-refractivity contribution in [2.75, 3.05) is 6.61 Å². The molecule has 0 unspecified atom stereocenters. The molecule has 2 aromatic carbocycles. The molecule has 0 fully saturated rings. The SMILES string of the molecule is CCOP(c1cc(C)ccc1C)c1cc(C)ccc1C. The zero-order valence-electron chi connectivity index (χ0n) is 13.0. The third kappa shape index (κ3) is 3.29. The van der Waals surface area contributed by atoms with Crippen molar-refractivity contribution in [2.24, 2.45) is 0 Å². The zero-order chi connectivity index (χ0) is 14.7. The topological polar surface area (TPSA) is 9.23 Å². The van der Waals surface area contributed by atoms with Gasteiger partial charge in [-0.1, -0.05) is 35.4 Å². The van der Waals surface area contributed by atoms with Crippen LogP contribution in [0.25, 0.3) is 0 Å². The van der Waals surface area contributed by atoms with Crippen molar-refractivity contribution in [2.45, 2.75) is 34.6 Å². The maximum Gasteiger partial charge on any atom is 0.0922 e. The van der Waals surface area contributed by atoms with Gasteiger partial charge in [-0.2, -0.15) is 0 Å². The summed E-state index contributed by atoms with van der Waals surface area (Å²) in [5.74, 6) is 0. The number of hydrogen-bond donors (Lipinski definition) is 0. The number of aryl methyl sites for hydroxylation is 4. The van der Waals surface area contributed by atoms with Crippen molar-refractivity contribution in [3.05, 3.63) is 58.7 Å². The lowest BCUT2D eigenvalue weighted by Crippen LogP contribution is -2.19. The first-order chi connectivity index (χ1) is 9.52. The van der Waals surface area contributed by atoms with Crippen LogP contribution in [0, 0.1) is 27.7 Å². The molecule has 20 heavy (non-hydrogen) atoms. The molecule has 1 nitrogen and oxygen atoms in total. The van der Waals surface area contributed by atoms with Crippen molar-refractivity contribution in [1.82, 2.24) is 0 Å². The van der Waals surface area contributed by atoms with E-state index in [9.17, 15) is 0 Å². The van der Waals surface area contributed by atoms with E-state index in [1.807, 2.05) is 0 Å². The lowest BCUT2D eigenvalue weighted by molar-refractivity contribution is 0.388. The van der Waals surface area contributed by atoms with Crippen LogP contribution in [-0.2, 0) is 4.52 Å². The van der Waals surface area contributed by atoms with Gasteiger partial charge in [0.15, 0.2) is 0 Å². The third-order valence-electron chi connectivity index (χ3n) is 3.43. The molecule has 0 saturated heterocycles. The monoisotopic (exact) mass is 286 g/mol. The molecule has 0 aliphatic carbocycles. The highest BCUT2D eigenvalue weighted by atomic mass is 31.1. The van der Waals surface area contributed by atoms with Crippen LogP contribution in [-0.4, -0.2) is 6.61 Å². The Morgan fingerprint density at radius 3 is 1.65 bits per heavy atom. The standard InChI is InChI=1S/C18H23OP/c1-6-19-20(17-11-13(2)7-9-15(17)4)18-12-14(3)8-10-16(18)5/h7-12H,6H2,1-5H3. The molecule has 2 rings (SSSR count). The highest BCUT2D eigenvalue weighted by Gasteiger charge is 2.19.